The third-order valence-corrected chi connectivity index (χ3v) is 3.25. The summed E-state index contributed by atoms with van der Waals surface area (Å²) >= 11 is 0. The summed E-state index contributed by atoms with van der Waals surface area (Å²) in [6.07, 6.45) is 6.56. The second-order valence-electron chi connectivity index (χ2n) is 4.82. The number of aryl methyl sites for hydroxylation is 1. The predicted molar refractivity (Wildman–Crippen MR) is 69.5 cm³/mol. The van der Waals surface area contributed by atoms with Crippen molar-refractivity contribution in [2.75, 3.05) is 6.54 Å². The van der Waals surface area contributed by atoms with Crippen LogP contribution in [0.5, 0.6) is 0 Å². The monoisotopic (exact) mass is 262 g/mol. The van der Waals surface area contributed by atoms with E-state index in [0.29, 0.717) is 19.4 Å². The van der Waals surface area contributed by atoms with Crippen LogP contribution in [0.3, 0.4) is 0 Å². The van der Waals surface area contributed by atoms with E-state index in [4.69, 9.17) is 5.11 Å². The highest BCUT2D eigenvalue weighted by molar-refractivity contribution is 5.78. The lowest BCUT2D eigenvalue weighted by Crippen LogP contribution is -2.35. The molecule has 19 heavy (non-hydrogen) atoms. The summed E-state index contributed by atoms with van der Waals surface area (Å²) in [6, 6.07) is 4.06. The molecular weight excluding hydrogens is 244 g/mol. The fourth-order valence-corrected chi connectivity index (χ4v) is 2.06. The van der Waals surface area contributed by atoms with E-state index < -0.39 is 5.97 Å². The van der Waals surface area contributed by atoms with Gasteiger partial charge in [0.1, 0.15) is 0 Å². The number of carbonyl (C=O) groups excluding carboxylic acids is 1. The van der Waals surface area contributed by atoms with E-state index in [2.05, 4.69) is 4.98 Å². The summed E-state index contributed by atoms with van der Waals surface area (Å²) in [7, 11) is 0. The average Bonchev–Trinajstić information content (AvgIpc) is 3.22. The third kappa shape index (κ3) is 4.35. The Balaban J connectivity index is 1.83. The summed E-state index contributed by atoms with van der Waals surface area (Å²) in [4.78, 5) is 28.4. The SMILES string of the molecule is O=C(O)CCN(C(=O)CCc1ccncc1)C1CC1. The zero-order chi connectivity index (χ0) is 13.7. The number of rotatable bonds is 7. The number of pyridine rings is 1. The van der Waals surface area contributed by atoms with Crippen molar-refractivity contribution in [3.05, 3.63) is 30.1 Å². The largest absolute Gasteiger partial charge is 0.481 e. The van der Waals surface area contributed by atoms with Gasteiger partial charge in [0.05, 0.1) is 6.42 Å². The summed E-state index contributed by atoms with van der Waals surface area (Å²) in [5.74, 6) is -0.798. The van der Waals surface area contributed by atoms with Crippen molar-refractivity contribution in [2.24, 2.45) is 0 Å². The van der Waals surface area contributed by atoms with E-state index in [1.54, 1.807) is 17.3 Å². The fourth-order valence-electron chi connectivity index (χ4n) is 2.06. The van der Waals surface area contributed by atoms with E-state index in [1.165, 1.54) is 0 Å². The standard InChI is InChI=1S/C14H18N2O3/c17-13(4-1-11-5-8-15-9-6-11)16(12-2-3-12)10-7-14(18)19/h5-6,8-9,12H,1-4,7,10H2,(H,18,19). The molecular formula is C14H18N2O3. The minimum atomic E-state index is -0.854. The van der Waals surface area contributed by atoms with Crippen molar-refractivity contribution in [3.63, 3.8) is 0 Å². The zero-order valence-corrected chi connectivity index (χ0v) is 10.8. The Morgan fingerprint density at radius 3 is 2.53 bits per heavy atom. The molecule has 0 saturated heterocycles. The zero-order valence-electron chi connectivity index (χ0n) is 10.8. The molecule has 0 aromatic carbocycles. The maximum Gasteiger partial charge on any atom is 0.305 e. The van der Waals surface area contributed by atoms with E-state index in [1.807, 2.05) is 12.1 Å². The number of hydrogen-bond acceptors (Lipinski definition) is 3. The quantitative estimate of drug-likeness (QED) is 0.808. The smallest absolute Gasteiger partial charge is 0.305 e. The number of carbonyl (C=O) groups is 2. The molecule has 1 saturated carbocycles. The molecule has 0 aliphatic heterocycles. The minimum Gasteiger partial charge on any atom is -0.481 e. The van der Waals surface area contributed by atoms with Gasteiger partial charge >= 0.3 is 5.97 Å². The van der Waals surface area contributed by atoms with E-state index >= 15 is 0 Å². The van der Waals surface area contributed by atoms with Crippen molar-refractivity contribution >= 4 is 11.9 Å². The van der Waals surface area contributed by atoms with Crippen LogP contribution in [0.15, 0.2) is 24.5 Å². The summed E-state index contributed by atoms with van der Waals surface area (Å²) in [5, 5.41) is 8.71. The van der Waals surface area contributed by atoms with Crippen molar-refractivity contribution < 1.29 is 14.7 Å². The molecule has 0 unspecified atom stereocenters. The topological polar surface area (TPSA) is 70.5 Å². The molecule has 1 heterocycles. The molecule has 5 nitrogen and oxygen atoms in total. The van der Waals surface area contributed by atoms with E-state index in [9.17, 15) is 9.59 Å². The van der Waals surface area contributed by atoms with Crippen LogP contribution < -0.4 is 0 Å². The highest BCUT2D eigenvalue weighted by Crippen LogP contribution is 2.27. The molecule has 2 rings (SSSR count). The first-order valence-corrected chi connectivity index (χ1v) is 6.57. The minimum absolute atomic E-state index is 0.0253. The number of aliphatic carboxylic acids is 1. The molecule has 1 N–H and O–H groups in total. The summed E-state index contributed by atoms with van der Waals surface area (Å²) in [5.41, 5.74) is 1.08. The van der Waals surface area contributed by atoms with Gasteiger partial charge in [-0.25, -0.2) is 0 Å². The summed E-state index contributed by atoms with van der Waals surface area (Å²) in [6.45, 7) is 0.329. The Bertz CT molecular complexity index is 443. The molecule has 1 aliphatic carbocycles. The highest BCUT2D eigenvalue weighted by Gasteiger charge is 2.32. The van der Waals surface area contributed by atoms with Crippen molar-refractivity contribution in [2.45, 2.75) is 38.1 Å². The van der Waals surface area contributed by atoms with Gasteiger partial charge in [-0.1, -0.05) is 0 Å². The number of carboxylic acids is 1. The second-order valence-corrected chi connectivity index (χ2v) is 4.82. The first-order valence-electron chi connectivity index (χ1n) is 6.57. The van der Waals surface area contributed by atoms with Crippen molar-refractivity contribution in [1.29, 1.82) is 0 Å². The van der Waals surface area contributed by atoms with Crippen molar-refractivity contribution in [3.8, 4) is 0 Å². The predicted octanol–water partition coefficient (Wildman–Crippen LogP) is 1.48. The van der Waals surface area contributed by atoms with Crippen molar-refractivity contribution in [1.82, 2.24) is 9.88 Å². The number of amides is 1. The first kappa shape index (κ1) is 13.5. The normalized spacial score (nSPS) is 14.1. The van der Waals surface area contributed by atoms with E-state index in [-0.39, 0.29) is 18.4 Å². The van der Waals surface area contributed by atoms with Crippen LogP contribution in [0.1, 0.15) is 31.2 Å². The summed E-state index contributed by atoms with van der Waals surface area (Å²) < 4.78 is 0. The molecule has 102 valence electrons. The van der Waals surface area contributed by atoms with Crippen LogP contribution in [-0.2, 0) is 16.0 Å². The lowest BCUT2D eigenvalue weighted by molar-refractivity contribution is -0.138. The number of aromatic nitrogens is 1. The highest BCUT2D eigenvalue weighted by atomic mass is 16.4. The first-order chi connectivity index (χ1) is 9.16. The Labute approximate surface area is 112 Å². The average molecular weight is 262 g/mol. The van der Waals surface area contributed by atoms with Gasteiger partial charge in [0.25, 0.3) is 0 Å². The molecule has 1 aliphatic rings. The Hall–Kier alpha value is -1.91. The Kier molecular flexibility index (Phi) is 4.49. The van der Waals surface area contributed by atoms with Crippen LogP contribution in [0.4, 0.5) is 0 Å². The van der Waals surface area contributed by atoms with Gasteiger partial charge in [-0.2, -0.15) is 0 Å². The maximum atomic E-state index is 12.1. The van der Waals surface area contributed by atoms with Crippen LogP contribution in [-0.4, -0.2) is 39.5 Å². The number of carboxylic acid groups (broad SMARTS) is 1. The lowest BCUT2D eigenvalue weighted by Gasteiger charge is -2.21. The molecule has 0 atom stereocenters. The molecule has 1 fully saturated rings. The van der Waals surface area contributed by atoms with Gasteiger partial charge < -0.3 is 10.0 Å². The van der Waals surface area contributed by atoms with Gasteiger partial charge in [-0.3, -0.25) is 14.6 Å². The second kappa shape index (κ2) is 6.31. The van der Waals surface area contributed by atoms with E-state index in [0.717, 1.165) is 18.4 Å². The lowest BCUT2D eigenvalue weighted by atomic mass is 10.1. The van der Waals surface area contributed by atoms with Crippen LogP contribution in [0.2, 0.25) is 0 Å². The van der Waals surface area contributed by atoms with Gasteiger partial charge in [0, 0.05) is 31.4 Å². The van der Waals surface area contributed by atoms with Gasteiger partial charge in [0.2, 0.25) is 5.91 Å². The number of nitrogens with zero attached hydrogens (tertiary/aromatic N) is 2. The molecule has 0 bridgehead atoms. The fraction of sp³-hybridized carbons (Fsp3) is 0.500. The number of hydrogen-bond donors (Lipinski definition) is 1. The Morgan fingerprint density at radius 1 is 1.26 bits per heavy atom. The van der Waals surface area contributed by atoms with Crippen LogP contribution in [0.25, 0.3) is 0 Å². The molecule has 1 amide bonds. The maximum absolute atomic E-state index is 12.1. The Morgan fingerprint density at radius 2 is 1.95 bits per heavy atom. The van der Waals surface area contributed by atoms with Crippen LogP contribution in [0, 0.1) is 0 Å². The van der Waals surface area contributed by atoms with Crippen LogP contribution >= 0.6 is 0 Å². The third-order valence-electron chi connectivity index (χ3n) is 3.25. The molecule has 0 spiro atoms. The molecule has 1 aromatic rings. The van der Waals surface area contributed by atoms with Gasteiger partial charge in [-0.15, -0.1) is 0 Å². The van der Waals surface area contributed by atoms with Gasteiger partial charge in [0.15, 0.2) is 0 Å². The molecule has 1 aromatic heterocycles. The van der Waals surface area contributed by atoms with Gasteiger partial charge in [-0.05, 0) is 37.0 Å². The molecule has 0 radical (unpaired) electrons. The molecule has 5 heteroatoms.